The van der Waals surface area contributed by atoms with E-state index in [1.807, 2.05) is 0 Å². The summed E-state index contributed by atoms with van der Waals surface area (Å²) < 4.78 is 74.1. The Morgan fingerprint density at radius 1 is 1.21 bits per heavy atom. The Kier molecular flexibility index (Phi) is 4.97. The summed E-state index contributed by atoms with van der Waals surface area (Å²) in [6.45, 7) is -0.516. The van der Waals surface area contributed by atoms with E-state index in [-0.39, 0.29) is 24.5 Å². The lowest BCUT2D eigenvalue weighted by Crippen LogP contribution is -2.35. The van der Waals surface area contributed by atoms with Crippen LogP contribution >= 0.6 is 0 Å². The van der Waals surface area contributed by atoms with Crippen LogP contribution in [0.4, 0.5) is 17.6 Å². The second-order valence-corrected chi connectivity index (χ2v) is 8.20. The van der Waals surface area contributed by atoms with Gasteiger partial charge in [0, 0.05) is 12.3 Å². The lowest BCUT2D eigenvalue weighted by molar-refractivity contribution is -0.194. The SMILES string of the molecule is O=S(c1ccccc1)N1C(n2ccc(OCC3(C(F)(F)F)CC3)n2)=CC=CC1F. The van der Waals surface area contributed by atoms with Crippen molar-refractivity contribution in [2.45, 2.75) is 30.2 Å². The van der Waals surface area contributed by atoms with Crippen molar-refractivity contribution in [2.24, 2.45) is 5.41 Å². The van der Waals surface area contributed by atoms with E-state index in [1.165, 1.54) is 35.2 Å². The fourth-order valence-electron chi connectivity index (χ4n) is 2.90. The van der Waals surface area contributed by atoms with E-state index >= 15 is 0 Å². The van der Waals surface area contributed by atoms with Crippen LogP contribution in [0.3, 0.4) is 0 Å². The van der Waals surface area contributed by atoms with E-state index in [1.54, 1.807) is 30.3 Å². The van der Waals surface area contributed by atoms with Gasteiger partial charge >= 0.3 is 6.18 Å². The Labute approximate surface area is 166 Å². The van der Waals surface area contributed by atoms with Crippen LogP contribution in [0.5, 0.6) is 5.88 Å². The van der Waals surface area contributed by atoms with Gasteiger partial charge in [-0.05, 0) is 37.1 Å². The van der Waals surface area contributed by atoms with Gasteiger partial charge in [0.1, 0.15) is 17.8 Å². The molecule has 2 heterocycles. The molecule has 0 spiro atoms. The van der Waals surface area contributed by atoms with Crippen molar-refractivity contribution in [1.29, 1.82) is 0 Å². The van der Waals surface area contributed by atoms with Gasteiger partial charge in [0.25, 0.3) is 0 Å². The van der Waals surface area contributed by atoms with Crippen molar-refractivity contribution >= 4 is 16.8 Å². The number of ether oxygens (including phenoxy) is 1. The molecular weight excluding hydrogens is 410 g/mol. The summed E-state index contributed by atoms with van der Waals surface area (Å²) in [5, 5.41) is 4.09. The zero-order chi connectivity index (χ0) is 20.6. The highest BCUT2D eigenvalue weighted by Gasteiger charge is 2.64. The van der Waals surface area contributed by atoms with Crippen LogP contribution in [-0.2, 0) is 11.0 Å². The summed E-state index contributed by atoms with van der Waals surface area (Å²) >= 11 is 0. The lowest BCUT2D eigenvalue weighted by Gasteiger charge is -2.29. The number of halogens is 4. The molecule has 1 fully saturated rings. The molecule has 154 valence electrons. The normalized spacial score (nSPS) is 21.6. The number of alkyl halides is 4. The number of hydrogen-bond acceptors (Lipinski definition) is 3. The van der Waals surface area contributed by atoms with Crippen LogP contribution < -0.4 is 4.74 Å². The van der Waals surface area contributed by atoms with Crippen LogP contribution in [0.1, 0.15) is 12.8 Å². The smallest absolute Gasteiger partial charge is 0.397 e. The van der Waals surface area contributed by atoms with Gasteiger partial charge in [-0.3, -0.25) is 0 Å². The monoisotopic (exact) mass is 427 g/mol. The number of allylic oxidation sites excluding steroid dienone is 2. The third-order valence-electron chi connectivity index (χ3n) is 4.84. The molecule has 0 bridgehead atoms. The van der Waals surface area contributed by atoms with Gasteiger partial charge in [0.2, 0.25) is 12.2 Å². The molecule has 29 heavy (non-hydrogen) atoms. The Bertz CT molecular complexity index is 967. The topological polar surface area (TPSA) is 47.4 Å². The highest BCUT2D eigenvalue weighted by atomic mass is 32.2. The molecule has 2 aromatic rings. The van der Waals surface area contributed by atoms with E-state index in [4.69, 9.17) is 4.74 Å². The molecule has 4 rings (SSSR count). The molecule has 5 nitrogen and oxygen atoms in total. The van der Waals surface area contributed by atoms with Crippen molar-refractivity contribution in [3.63, 3.8) is 0 Å². The first-order valence-corrected chi connectivity index (χ1v) is 9.96. The first kappa shape index (κ1) is 19.7. The molecule has 0 radical (unpaired) electrons. The summed E-state index contributed by atoms with van der Waals surface area (Å²) in [6, 6.07) is 9.76. The Hall–Kier alpha value is -2.62. The van der Waals surface area contributed by atoms with Crippen LogP contribution in [0.25, 0.3) is 5.82 Å². The van der Waals surface area contributed by atoms with Crippen molar-refractivity contribution in [3.05, 3.63) is 60.8 Å². The van der Waals surface area contributed by atoms with Crippen LogP contribution in [0, 0.1) is 5.41 Å². The van der Waals surface area contributed by atoms with E-state index in [0.717, 1.165) is 4.31 Å². The number of nitrogens with zero attached hydrogens (tertiary/aromatic N) is 3. The van der Waals surface area contributed by atoms with Gasteiger partial charge in [-0.15, -0.1) is 5.10 Å². The zero-order valence-electron chi connectivity index (χ0n) is 15.1. The zero-order valence-corrected chi connectivity index (χ0v) is 15.9. The third kappa shape index (κ3) is 3.81. The van der Waals surface area contributed by atoms with Crippen LogP contribution in [0.2, 0.25) is 0 Å². The Morgan fingerprint density at radius 2 is 1.93 bits per heavy atom. The summed E-state index contributed by atoms with van der Waals surface area (Å²) in [6.07, 6.45) is -0.279. The molecule has 10 heteroatoms. The van der Waals surface area contributed by atoms with E-state index in [9.17, 15) is 21.8 Å². The Morgan fingerprint density at radius 3 is 2.59 bits per heavy atom. The maximum absolute atomic E-state index is 14.6. The Balaban J connectivity index is 1.53. The minimum atomic E-state index is -4.32. The third-order valence-corrected chi connectivity index (χ3v) is 6.26. The first-order valence-electron chi connectivity index (χ1n) is 8.85. The van der Waals surface area contributed by atoms with E-state index < -0.39 is 35.5 Å². The molecule has 2 unspecified atom stereocenters. The summed E-state index contributed by atoms with van der Waals surface area (Å²) in [5.41, 5.74) is -1.81. The fourth-order valence-corrected chi connectivity index (χ4v) is 4.08. The molecule has 1 saturated carbocycles. The van der Waals surface area contributed by atoms with Gasteiger partial charge in [-0.2, -0.15) is 13.2 Å². The van der Waals surface area contributed by atoms with Crippen molar-refractivity contribution in [3.8, 4) is 5.88 Å². The van der Waals surface area contributed by atoms with Gasteiger partial charge in [0.15, 0.2) is 11.0 Å². The van der Waals surface area contributed by atoms with Gasteiger partial charge < -0.3 is 4.74 Å². The number of hydrogen-bond donors (Lipinski definition) is 0. The van der Waals surface area contributed by atoms with Crippen molar-refractivity contribution in [1.82, 2.24) is 14.1 Å². The van der Waals surface area contributed by atoms with E-state index in [2.05, 4.69) is 5.10 Å². The number of rotatable bonds is 6. The highest BCUT2D eigenvalue weighted by Crippen LogP contribution is 2.57. The van der Waals surface area contributed by atoms with Gasteiger partial charge in [-0.25, -0.2) is 17.6 Å². The molecule has 1 aromatic carbocycles. The molecule has 1 aliphatic heterocycles. The molecule has 1 aliphatic carbocycles. The molecule has 1 aromatic heterocycles. The standard InChI is InChI=1S/C19H17F4N3O2S/c20-15-7-4-8-17(26(15)29(27)14-5-2-1-3-6-14)25-12-9-16(24-25)28-13-18(10-11-18)19(21,22)23/h1-9,12,15H,10-11,13H2. The summed E-state index contributed by atoms with van der Waals surface area (Å²) in [7, 11) is -1.85. The largest absolute Gasteiger partial charge is 0.476 e. The first-order chi connectivity index (χ1) is 13.8. The average Bonchev–Trinajstić information content (AvgIpc) is 3.37. The number of aromatic nitrogens is 2. The lowest BCUT2D eigenvalue weighted by atomic mass is 10.1. The van der Waals surface area contributed by atoms with Gasteiger partial charge in [-0.1, -0.05) is 24.3 Å². The second-order valence-electron chi connectivity index (χ2n) is 6.84. The van der Waals surface area contributed by atoms with Crippen LogP contribution in [-0.4, -0.2) is 37.4 Å². The fraction of sp³-hybridized carbons (Fsp3) is 0.316. The van der Waals surface area contributed by atoms with Crippen molar-refractivity contribution < 1.29 is 26.5 Å². The molecule has 2 aliphatic rings. The predicted octanol–water partition coefficient (Wildman–Crippen LogP) is 4.29. The minimum absolute atomic E-state index is 0.0168. The molecule has 0 N–H and O–H groups in total. The van der Waals surface area contributed by atoms with Crippen molar-refractivity contribution in [2.75, 3.05) is 6.61 Å². The summed E-state index contributed by atoms with van der Waals surface area (Å²) in [4.78, 5) is 0.404. The average molecular weight is 427 g/mol. The van der Waals surface area contributed by atoms with Crippen LogP contribution in [0.15, 0.2) is 65.7 Å². The van der Waals surface area contributed by atoms with E-state index in [0.29, 0.717) is 4.90 Å². The summed E-state index contributed by atoms with van der Waals surface area (Å²) in [5.74, 6) is 0.158. The quantitative estimate of drug-likeness (QED) is 0.510. The maximum Gasteiger partial charge on any atom is 0.397 e. The molecule has 0 amide bonds. The van der Waals surface area contributed by atoms with Gasteiger partial charge in [0.05, 0.1) is 4.90 Å². The predicted molar refractivity (Wildman–Crippen MR) is 98.4 cm³/mol. The number of benzene rings is 1. The second kappa shape index (κ2) is 7.33. The highest BCUT2D eigenvalue weighted by molar-refractivity contribution is 7.83. The minimum Gasteiger partial charge on any atom is -0.476 e. The molecule has 0 saturated heterocycles. The maximum atomic E-state index is 14.6. The molecule has 2 atom stereocenters. The molecular formula is C19H17F4N3O2S.